The number of rotatable bonds is 6. The highest BCUT2D eigenvalue weighted by molar-refractivity contribution is 8.13. The first-order valence-corrected chi connectivity index (χ1v) is 10.3. The highest BCUT2D eigenvalue weighted by Crippen LogP contribution is 2.44. The van der Waals surface area contributed by atoms with Gasteiger partial charge in [-0.25, -0.2) is 4.79 Å². The summed E-state index contributed by atoms with van der Waals surface area (Å²) in [5.41, 5.74) is 5.01. The second kappa shape index (κ2) is 8.97. The maximum absolute atomic E-state index is 12.2. The Morgan fingerprint density at radius 3 is 2.17 bits per heavy atom. The van der Waals surface area contributed by atoms with Gasteiger partial charge in [0.25, 0.3) is 0 Å². The molecule has 0 atom stereocenters. The molecule has 0 bridgehead atoms. The largest absolute Gasteiger partial charge is 0.449 e. The van der Waals surface area contributed by atoms with Gasteiger partial charge in [0.05, 0.1) is 6.54 Å². The minimum absolute atomic E-state index is 0.0345. The van der Waals surface area contributed by atoms with E-state index in [2.05, 4.69) is 17.4 Å². The first kappa shape index (κ1) is 19.9. The lowest BCUT2D eigenvalue weighted by Gasteiger charge is -2.14. The second-order valence-corrected chi connectivity index (χ2v) is 7.91. The molecule has 3 aromatic rings. The molecule has 1 aliphatic carbocycles. The van der Waals surface area contributed by atoms with E-state index in [-0.39, 0.29) is 24.2 Å². The number of alkyl carbamates (subject to hydrolysis) is 1. The van der Waals surface area contributed by atoms with Crippen molar-refractivity contribution in [3.05, 3.63) is 89.5 Å². The van der Waals surface area contributed by atoms with Crippen molar-refractivity contribution in [3.8, 4) is 11.1 Å². The van der Waals surface area contributed by atoms with Gasteiger partial charge in [0.2, 0.25) is 5.12 Å². The minimum atomic E-state index is -0.644. The zero-order valence-corrected chi connectivity index (χ0v) is 16.9. The summed E-state index contributed by atoms with van der Waals surface area (Å²) in [4.78, 5) is 35.9. The average molecular weight is 417 g/mol. The SMILES string of the molecule is O=Cc1ccccc1SC(=O)CNC(=O)OCC1c2ccccc2-c2ccccc21. The molecule has 0 radical (unpaired) electrons. The van der Waals surface area contributed by atoms with Crippen LogP contribution in [0.3, 0.4) is 0 Å². The van der Waals surface area contributed by atoms with Crippen LogP contribution in [0.25, 0.3) is 11.1 Å². The molecule has 30 heavy (non-hydrogen) atoms. The van der Waals surface area contributed by atoms with Crippen molar-refractivity contribution in [1.82, 2.24) is 5.32 Å². The van der Waals surface area contributed by atoms with Crippen LogP contribution in [0, 0.1) is 0 Å². The molecule has 0 unspecified atom stereocenters. The topological polar surface area (TPSA) is 72.5 Å². The minimum Gasteiger partial charge on any atom is -0.449 e. The van der Waals surface area contributed by atoms with Gasteiger partial charge < -0.3 is 10.1 Å². The van der Waals surface area contributed by atoms with E-state index >= 15 is 0 Å². The summed E-state index contributed by atoms with van der Waals surface area (Å²) in [6.45, 7) is 0.00367. The summed E-state index contributed by atoms with van der Waals surface area (Å²) in [5.74, 6) is -0.0345. The molecular weight excluding hydrogens is 398 g/mol. The first-order valence-electron chi connectivity index (χ1n) is 9.51. The number of carbonyl (C=O) groups is 3. The fourth-order valence-corrected chi connectivity index (χ4v) is 4.39. The van der Waals surface area contributed by atoms with E-state index in [0.717, 1.165) is 34.0 Å². The van der Waals surface area contributed by atoms with Gasteiger partial charge in [0, 0.05) is 16.4 Å². The molecule has 0 spiro atoms. The summed E-state index contributed by atoms with van der Waals surface area (Å²) in [6, 6.07) is 23.0. The van der Waals surface area contributed by atoms with Gasteiger partial charge in [-0.15, -0.1) is 0 Å². The van der Waals surface area contributed by atoms with E-state index in [1.807, 2.05) is 36.4 Å². The van der Waals surface area contributed by atoms with Crippen molar-refractivity contribution < 1.29 is 19.1 Å². The molecule has 0 saturated carbocycles. The Labute approximate surface area is 178 Å². The molecule has 1 aliphatic rings. The predicted molar refractivity (Wildman–Crippen MR) is 116 cm³/mol. The van der Waals surface area contributed by atoms with Crippen LogP contribution >= 0.6 is 11.8 Å². The van der Waals surface area contributed by atoms with Crippen molar-refractivity contribution >= 4 is 29.3 Å². The highest BCUT2D eigenvalue weighted by atomic mass is 32.2. The van der Waals surface area contributed by atoms with Crippen LogP contribution < -0.4 is 5.32 Å². The smallest absolute Gasteiger partial charge is 0.407 e. The number of benzene rings is 3. The van der Waals surface area contributed by atoms with E-state index < -0.39 is 6.09 Å². The fraction of sp³-hybridized carbons (Fsp3) is 0.125. The second-order valence-electron chi connectivity index (χ2n) is 6.81. The lowest BCUT2D eigenvalue weighted by Crippen LogP contribution is -2.30. The number of fused-ring (bicyclic) bond motifs is 3. The van der Waals surface area contributed by atoms with Crippen molar-refractivity contribution in [3.63, 3.8) is 0 Å². The molecule has 0 aromatic heterocycles. The standard InChI is InChI=1S/C24H19NO4S/c26-14-16-7-1-6-12-22(16)30-23(27)13-25-24(28)29-15-21-19-10-4-2-8-17(19)18-9-3-5-11-20(18)21/h1-12,14,21H,13,15H2,(H,25,28). The fourth-order valence-electron chi connectivity index (χ4n) is 3.62. The summed E-state index contributed by atoms with van der Waals surface area (Å²) in [5, 5.41) is 2.21. The molecule has 1 N–H and O–H groups in total. The number of thioether (sulfide) groups is 1. The third-order valence-electron chi connectivity index (χ3n) is 4.99. The van der Waals surface area contributed by atoms with Gasteiger partial charge in [0.15, 0.2) is 6.29 Å². The quantitative estimate of drug-likeness (QED) is 0.467. The molecule has 0 saturated heterocycles. The Balaban J connectivity index is 1.33. The van der Waals surface area contributed by atoms with Crippen molar-refractivity contribution in [2.45, 2.75) is 10.8 Å². The predicted octanol–water partition coefficient (Wildman–Crippen LogP) is 4.66. The van der Waals surface area contributed by atoms with Crippen LogP contribution in [0.5, 0.6) is 0 Å². The zero-order valence-electron chi connectivity index (χ0n) is 16.0. The molecule has 0 fully saturated rings. The maximum Gasteiger partial charge on any atom is 0.407 e. The molecule has 6 heteroatoms. The first-order chi connectivity index (χ1) is 14.7. The molecule has 0 heterocycles. The Kier molecular flexibility index (Phi) is 5.95. The van der Waals surface area contributed by atoms with Gasteiger partial charge in [-0.2, -0.15) is 0 Å². The van der Waals surface area contributed by atoms with E-state index in [9.17, 15) is 14.4 Å². The van der Waals surface area contributed by atoms with E-state index in [1.54, 1.807) is 24.3 Å². The Morgan fingerprint density at radius 2 is 1.50 bits per heavy atom. The summed E-state index contributed by atoms with van der Waals surface area (Å²) in [6.07, 6.45) is 0.0590. The summed E-state index contributed by atoms with van der Waals surface area (Å²) >= 11 is 0.921. The summed E-state index contributed by atoms with van der Waals surface area (Å²) in [7, 11) is 0. The maximum atomic E-state index is 12.2. The number of hydrogen-bond donors (Lipinski definition) is 1. The van der Waals surface area contributed by atoms with Gasteiger partial charge in [-0.1, -0.05) is 66.7 Å². The van der Waals surface area contributed by atoms with Gasteiger partial charge in [-0.3, -0.25) is 9.59 Å². The molecule has 150 valence electrons. The third kappa shape index (κ3) is 4.14. The lowest BCUT2D eigenvalue weighted by molar-refractivity contribution is -0.110. The monoisotopic (exact) mass is 417 g/mol. The van der Waals surface area contributed by atoms with Gasteiger partial charge in [0.1, 0.15) is 6.61 Å². The Morgan fingerprint density at radius 1 is 0.900 bits per heavy atom. The third-order valence-corrected chi connectivity index (χ3v) is 5.95. The Hall–Kier alpha value is -3.38. The van der Waals surface area contributed by atoms with Crippen molar-refractivity contribution in [2.24, 2.45) is 0 Å². The van der Waals surface area contributed by atoms with Crippen LogP contribution in [-0.4, -0.2) is 30.6 Å². The van der Waals surface area contributed by atoms with Crippen LogP contribution in [0.4, 0.5) is 4.79 Å². The van der Waals surface area contributed by atoms with E-state index in [4.69, 9.17) is 4.74 Å². The summed E-state index contributed by atoms with van der Waals surface area (Å²) < 4.78 is 5.42. The van der Waals surface area contributed by atoms with Crippen LogP contribution in [0.1, 0.15) is 27.4 Å². The van der Waals surface area contributed by atoms with Crippen LogP contribution in [0.2, 0.25) is 0 Å². The Bertz CT molecular complexity index is 1070. The van der Waals surface area contributed by atoms with Crippen LogP contribution in [-0.2, 0) is 9.53 Å². The number of ether oxygens (including phenoxy) is 1. The van der Waals surface area contributed by atoms with Gasteiger partial charge in [-0.05, 0) is 40.1 Å². The van der Waals surface area contributed by atoms with E-state index in [1.165, 1.54) is 0 Å². The van der Waals surface area contributed by atoms with Crippen molar-refractivity contribution in [1.29, 1.82) is 0 Å². The van der Waals surface area contributed by atoms with E-state index in [0.29, 0.717) is 16.7 Å². The zero-order chi connectivity index (χ0) is 20.9. The molecule has 4 rings (SSSR count). The van der Waals surface area contributed by atoms with Gasteiger partial charge >= 0.3 is 6.09 Å². The number of aldehydes is 1. The average Bonchev–Trinajstić information content (AvgIpc) is 3.10. The highest BCUT2D eigenvalue weighted by Gasteiger charge is 2.29. The molecule has 5 nitrogen and oxygen atoms in total. The molecule has 0 aliphatic heterocycles. The van der Waals surface area contributed by atoms with Crippen molar-refractivity contribution in [2.75, 3.05) is 13.2 Å². The molecule has 1 amide bonds. The normalized spacial score (nSPS) is 12.0. The number of amides is 1. The molecule has 3 aromatic carbocycles. The molecular formula is C24H19NO4S. The number of hydrogen-bond acceptors (Lipinski definition) is 5. The lowest BCUT2D eigenvalue weighted by atomic mass is 9.98. The number of carbonyl (C=O) groups excluding carboxylic acids is 3. The number of nitrogens with one attached hydrogen (secondary N) is 1. The van der Waals surface area contributed by atoms with Crippen LogP contribution in [0.15, 0.2) is 77.7 Å².